The smallest absolute Gasteiger partial charge is 0.231 e. The fourth-order valence-electron chi connectivity index (χ4n) is 5.66. The van der Waals surface area contributed by atoms with Crippen molar-refractivity contribution in [3.05, 3.63) is 51.1 Å². The molecule has 0 saturated heterocycles. The molecule has 3 aromatic rings. The van der Waals surface area contributed by atoms with Crippen molar-refractivity contribution in [2.75, 3.05) is 34.7 Å². The summed E-state index contributed by atoms with van der Waals surface area (Å²) in [7, 11) is 0.980. The molecule has 0 radical (unpaired) electrons. The molecule has 2 aliphatic heterocycles. The summed E-state index contributed by atoms with van der Waals surface area (Å²) in [6.07, 6.45) is 0. The quantitative estimate of drug-likeness (QED) is 0.202. The number of aliphatic imine (C=N–C) groups is 1. The second kappa shape index (κ2) is 11.2. The molecule has 41 heavy (non-hydrogen) atoms. The van der Waals surface area contributed by atoms with E-state index in [4.69, 9.17) is 33.4 Å². The van der Waals surface area contributed by atoms with Crippen LogP contribution in [0.5, 0.6) is 28.7 Å². The number of hydrogen-bond donors (Lipinski definition) is 0. The standard InChI is InChI=1S/C31H38INO6Si2/c1-34-21-15-19(31-33-20(16-37-31)18-13-11-10-12-14-18)22(26(36-3)25(21)35-2)23-24(32)30(41(7,8)9)28-27(38-17-39-28)29(23)40(4,5)6/h10-15,20H,16-17H2,1-9H3/t20-/m1/s1. The van der Waals surface area contributed by atoms with Crippen molar-refractivity contribution >= 4 is 55.0 Å². The Morgan fingerprint density at radius 2 is 1.39 bits per heavy atom. The van der Waals surface area contributed by atoms with E-state index in [0.29, 0.717) is 29.8 Å². The molecular weight excluding hydrogens is 665 g/mol. The largest absolute Gasteiger partial charge is 0.493 e. The van der Waals surface area contributed by atoms with E-state index < -0.39 is 16.1 Å². The minimum atomic E-state index is -2.05. The van der Waals surface area contributed by atoms with E-state index in [2.05, 4.69) is 74.0 Å². The Balaban J connectivity index is 1.92. The number of ether oxygens (including phenoxy) is 6. The molecule has 0 N–H and O–H groups in total. The second-order valence-electron chi connectivity index (χ2n) is 12.2. The van der Waals surface area contributed by atoms with Crippen molar-refractivity contribution in [2.45, 2.75) is 45.3 Å². The molecule has 218 valence electrons. The fourth-order valence-corrected chi connectivity index (χ4v) is 12.6. The summed E-state index contributed by atoms with van der Waals surface area (Å²) in [6, 6.07) is 12.1. The number of nitrogens with zero attached hydrogens (tertiary/aromatic N) is 1. The number of benzene rings is 3. The zero-order valence-electron chi connectivity index (χ0n) is 25.2. The van der Waals surface area contributed by atoms with Crippen molar-refractivity contribution in [1.29, 1.82) is 0 Å². The minimum absolute atomic E-state index is 0.108. The van der Waals surface area contributed by atoms with Gasteiger partial charge in [0.1, 0.15) is 12.6 Å². The summed E-state index contributed by atoms with van der Waals surface area (Å²) in [6.45, 7) is 14.7. The van der Waals surface area contributed by atoms with Gasteiger partial charge in [0, 0.05) is 14.7 Å². The molecule has 7 nitrogen and oxygen atoms in total. The molecule has 0 unspecified atom stereocenters. The predicted octanol–water partition coefficient (Wildman–Crippen LogP) is 6.32. The van der Waals surface area contributed by atoms with E-state index in [0.717, 1.165) is 37.3 Å². The Hall–Kier alpha value is -2.71. The Morgan fingerprint density at radius 3 is 1.95 bits per heavy atom. The van der Waals surface area contributed by atoms with Crippen LogP contribution in [-0.4, -0.2) is 56.8 Å². The van der Waals surface area contributed by atoms with Crippen molar-refractivity contribution in [3.63, 3.8) is 0 Å². The number of halogens is 1. The Bertz CT molecular complexity index is 1510. The lowest BCUT2D eigenvalue weighted by Gasteiger charge is -2.31. The number of methoxy groups -OCH3 is 3. The van der Waals surface area contributed by atoms with Crippen LogP contribution in [0.1, 0.15) is 17.2 Å². The monoisotopic (exact) mass is 703 g/mol. The summed E-state index contributed by atoms with van der Waals surface area (Å²) in [4.78, 5) is 5.09. The average molecular weight is 704 g/mol. The summed E-state index contributed by atoms with van der Waals surface area (Å²) >= 11 is 2.51. The Labute approximate surface area is 258 Å². The highest BCUT2D eigenvalue weighted by Crippen LogP contribution is 2.50. The fraction of sp³-hybridized carbons (Fsp3) is 0.387. The molecule has 0 aromatic heterocycles. The lowest BCUT2D eigenvalue weighted by molar-refractivity contribution is 0.175. The van der Waals surface area contributed by atoms with E-state index in [-0.39, 0.29) is 12.8 Å². The lowest BCUT2D eigenvalue weighted by atomic mass is 9.96. The predicted molar refractivity (Wildman–Crippen MR) is 178 cm³/mol. The van der Waals surface area contributed by atoms with Gasteiger partial charge in [-0.25, -0.2) is 4.99 Å². The number of fused-ring (bicyclic) bond motifs is 1. The zero-order chi connectivity index (χ0) is 29.7. The highest BCUT2D eigenvalue weighted by Gasteiger charge is 2.41. The summed E-state index contributed by atoms with van der Waals surface area (Å²) < 4.78 is 37.9. The van der Waals surface area contributed by atoms with E-state index in [1.807, 2.05) is 24.3 Å². The minimum Gasteiger partial charge on any atom is -0.493 e. The van der Waals surface area contributed by atoms with Gasteiger partial charge in [-0.05, 0) is 44.6 Å². The highest BCUT2D eigenvalue weighted by atomic mass is 127. The first-order chi connectivity index (χ1) is 19.4. The molecule has 0 aliphatic carbocycles. The molecule has 0 saturated carbocycles. The van der Waals surface area contributed by atoms with Gasteiger partial charge in [-0.3, -0.25) is 0 Å². The average Bonchev–Trinajstić information content (AvgIpc) is 3.60. The van der Waals surface area contributed by atoms with Crippen LogP contribution in [0.25, 0.3) is 11.1 Å². The SMILES string of the molecule is COc1cc(C2=N[C@@H](c3ccccc3)CO2)c(-c2c(I)c([Si](C)(C)C)c3c(c2[Si](C)(C)C)OCO3)c(OC)c1OC. The maximum atomic E-state index is 6.36. The molecule has 2 heterocycles. The van der Waals surface area contributed by atoms with Gasteiger partial charge in [-0.1, -0.05) is 69.6 Å². The van der Waals surface area contributed by atoms with Crippen LogP contribution in [0.3, 0.4) is 0 Å². The third-order valence-corrected chi connectivity index (χ3v) is 12.9. The van der Waals surface area contributed by atoms with E-state index in [9.17, 15) is 0 Å². The third-order valence-electron chi connectivity index (χ3n) is 7.40. The molecular formula is C31H38INO6Si2. The van der Waals surface area contributed by atoms with Crippen LogP contribution in [0.15, 0.2) is 41.4 Å². The van der Waals surface area contributed by atoms with Crippen LogP contribution < -0.4 is 34.1 Å². The van der Waals surface area contributed by atoms with Crippen LogP contribution in [0.2, 0.25) is 39.3 Å². The van der Waals surface area contributed by atoms with E-state index >= 15 is 0 Å². The van der Waals surface area contributed by atoms with Gasteiger partial charge in [0.2, 0.25) is 18.4 Å². The van der Waals surface area contributed by atoms with Crippen LogP contribution in [0, 0.1) is 3.57 Å². The Morgan fingerprint density at radius 1 is 0.780 bits per heavy atom. The lowest BCUT2D eigenvalue weighted by Crippen LogP contribution is -2.46. The molecule has 5 rings (SSSR count). The first-order valence-corrected chi connectivity index (χ1v) is 21.8. The number of hydrogen-bond acceptors (Lipinski definition) is 7. The van der Waals surface area contributed by atoms with Crippen LogP contribution >= 0.6 is 22.6 Å². The molecule has 3 aromatic carbocycles. The van der Waals surface area contributed by atoms with Crippen molar-refractivity contribution in [1.82, 2.24) is 0 Å². The van der Waals surface area contributed by atoms with Gasteiger partial charge in [0.05, 0.1) is 43.0 Å². The second-order valence-corrected chi connectivity index (χ2v) is 23.3. The normalized spacial score (nSPS) is 16.3. The van der Waals surface area contributed by atoms with E-state index in [1.165, 1.54) is 10.4 Å². The molecule has 0 fully saturated rings. The molecule has 0 amide bonds. The molecule has 2 aliphatic rings. The summed E-state index contributed by atoms with van der Waals surface area (Å²) in [5.41, 5.74) is 3.86. The van der Waals surface area contributed by atoms with Gasteiger partial charge in [0.15, 0.2) is 23.0 Å². The maximum Gasteiger partial charge on any atom is 0.231 e. The molecule has 1 atom stereocenters. The summed E-state index contributed by atoms with van der Waals surface area (Å²) in [5, 5.41) is 2.42. The first kappa shape index (κ1) is 29.8. The van der Waals surface area contributed by atoms with Gasteiger partial charge in [0.25, 0.3) is 0 Å². The number of rotatable bonds is 8. The van der Waals surface area contributed by atoms with Gasteiger partial charge in [-0.15, -0.1) is 0 Å². The van der Waals surface area contributed by atoms with Crippen LogP contribution in [-0.2, 0) is 4.74 Å². The molecule has 0 spiro atoms. The van der Waals surface area contributed by atoms with Gasteiger partial charge < -0.3 is 28.4 Å². The van der Waals surface area contributed by atoms with E-state index in [1.54, 1.807) is 21.3 Å². The van der Waals surface area contributed by atoms with Crippen molar-refractivity contribution < 1.29 is 28.4 Å². The third kappa shape index (κ3) is 5.22. The summed E-state index contributed by atoms with van der Waals surface area (Å²) in [5.74, 6) is 3.96. The van der Waals surface area contributed by atoms with Gasteiger partial charge in [-0.2, -0.15) is 0 Å². The van der Waals surface area contributed by atoms with Crippen molar-refractivity contribution in [2.24, 2.45) is 4.99 Å². The Kier molecular flexibility index (Phi) is 8.12. The maximum absolute atomic E-state index is 6.36. The molecule has 0 bridgehead atoms. The first-order valence-electron chi connectivity index (χ1n) is 13.7. The van der Waals surface area contributed by atoms with Gasteiger partial charge >= 0.3 is 0 Å². The zero-order valence-corrected chi connectivity index (χ0v) is 29.4. The highest BCUT2D eigenvalue weighted by molar-refractivity contribution is 14.1. The van der Waals surface area contributed by atoms with Crippen LogP contribution in [0.4, 0.5) is 0 Å². The van der Waals surface area contributed by atoms with Crippen molar-refractivity contribution in [3.8, 4) is 39.9 Å². The topological polar surface area (TPSA) is 67.7 Å². The molecule has 10 heteroatoms.